The van der Waals surface area contributed by atoms with Crippen LogP contribution in [-0.2, 0) is 12.4 Å². The number of para-hydroxylation sites is 1. The van der Waals surface area contributed by atoms with Crippen LogP contribution in [0.1, 0.15) is 44.9 Å². The van der Waals surface area contributed by atoms with Crippen molar-refractivity contribution in [1.29, 1.82) is 0 Å². The van der Waals surface area contributed by atoms with E-state index in [0.717, 1.165) is 48.1 Å². The average molecular weight is 307 g/mol. The molecule has 2 aromatic rings. The van der Waals surface area contributed by atoms with E-state index in [1.165, 1.54) is 25.7 Å². The van der Waals surface area contributed by atoms with Crippen LogP contribution >= 0.6 is 11.6 Å². The highest BCUT2D eigenvalue weighted by atomic mass is 35.5. The number of hydrogen-bond donors (Lipinski definition) is 0. The summed E-state index contributed by atoms with van der Waals surface area (Å²) in [5.74, 6) is 3.18. The first-order chi connectivity index (χ1) is 10.3. The molecule has 1 aromatic heterocycles. The second-order valence-corrected chi connectivity index (χ2v) is 6.14. The number of hydrogen-bond acceptors (Lipinski definition) is 2. The van der Waals surface area contributed by atoms with Crippen LogP contribution in [0.5, 0.6) is 5.75 Å². The number of halogens is 1. The van der Waals surface area contributed by atoms with Crippen molar-refractivity contribution in [2.75, 3.05) is 6.61 Å². The predicted octanol–water partition coefficient (Wildman–Crippen LogP) is 4.75. The van der Waals surface area contributed by atoms with Crippen molar-refractivity contribution in [1.82, 2.24) is 9.55 Å². The Bertz CT molecular complexity index is 604. The number of nitrogens with zero attached hydrogens (tertiary/aromatic N) is 2. The van der Waals surface area contributed by atoms with Gasteiger partial charge in [0.15, 0.2) is 0 Å². The van der Waals surface area contributed by atoms with E-state index in [1.807, 2.05) is 12.1 Å². The molecule has 0 spiro atoms. The number of ether oxygens (including phenoxy) is 1. The van der Waals surface area contributed by atoms with Crippen molar-refractivity contribution < 1.29 is 4.74 Å². The van der Waals surface area contributed by atoms with Crippen molar-refractivity contribution in [2.45, 2.75) is 51.5 Å². The fourth-order valence-corrected chi connectivity index (χ4v) is 3.15. The molecule has 0 unspecified atom stereocenters. The summed E-state index contributed by atoms with van der Waals surface area (Å²) in [7, 11) is 0. The van der Waals surface area contributed by atoms with Gasteiger partial charge in [-0.2, -0.15) is 0 Å². The van der Waals surface area contributed by atoms with Gasteiger partial charge in [0.05, 0.1) is 18.0 Å². The number of aromatic nitrogens is 2. The quantitative estimate of drug-likeness (QED) is 0.690. The van der Waals surface area contributed by atoms with Crippen LogP contribution in [0, 0.1) is 5.92 Å². The summed E-state index contributed by atoms with van der Waals surface area (Å²) in [6, 6.07) is 6.17. The van der Waals surface area contributed by atoms with Crippen LogP contribution in [0.4, 0.5) is 0 Å². The topological polar surface area (TPSA) is 27.1 Å². The molecular formula is C17H23ClN2O. The third kappa shape index (κ3) is 3.03. The lowest BCUT2D eigenvalue weighted by atomic mass is 9.83. The molecule has 1 aliphatic rings. The van der Waals surface area contributed by atoms with Crippen LogP contribution in [0.3, 0.4) is 0 Å². The highest BCUT2D eigenvalue weighted by molar-refractivity contribution is 6.16. The Labute approximate surface area is 131 Å². The van der Waals surface area contributed by atoms with Gasteiger partial charge in [0.2, 0.25) is 0 Å². The zero-order valence-electron chi connectivity index (χ0n) is 12.6. The Hall–Kier alpha value is -1.22. The van der Waals surface area contributed by atoms with E-state index in [1.54, 1.807) is 0 Å². The molecular weight excluding hydrogens is 284 g/mol. The van der Waals surface area contributed by atoms with Crippen molar-refractivity contribution in [3.05, 3.63) is 24.0 Å². The highest BCUT2D eigenvalue weighted by Crippen LogP contribution is 2.32. The van der Waals surface area contributed by atoms with Crippen molar-refractivity contribution in [3.8, 4) is 5.75 Å². The second-order valence-electron chi connectivity index (χ2n) is 5.87. The second kappa shape index (κ2) is 6.69. The van der Waals surface area contributed by atoms with Gasteiger partial charge in [0, 0.05) is 6.54 Å². The summed E-state index contributed by atoms with van der Waals surface area (Å²) in [6.07, 6.45) is 6.39. The smallest absolute Gasteiger partial charge is 0.147 e. The third-order valence-corrected chi connectivity index (χ3v) is 4.63. The molecule has 0 radical (unpaired) electrons. The van der Waals surface area contributed by atoms with Crippen molar-refractivity contribution in [3.63, 3.8) is 0 Å². The minimum Gasteiger partial charge on any atom is -0.491 e. The maximum atomic E-state index is 6.10. The van der Waals surface area contributed by atoms with E-state index in [-0.39, 0.29) is 0 Å². The van der Waals surface area contributed by atoms with Gasteiger partial charge in [-0.3, -0.25) is 0 Å². The SMILES string of the molecule is CCCOc1cccc2c1nc(CCl)n2CCC1CCC1. The van der Waals surface area contributed by atoms with Gasteiger partial charge >= 0.3 is 0 Å². The summed E-state index contributed by atoms with van der Waals surface area (Å²) in [6.45, 7) is 3.85. The number of aryl methyl sites for hydroxylation is 1. The molecule has 0 atom stereocenters. The number of benzene rings is 1. The standard InChI is InChI=1S/C17H23ClN2O/c1-2-11-21-15-8-4-7-14-17(15)19-16(12-18)20(14)10-9-13-5-3-6-13/h4,7-8,13H,2-3,5-6,9-12H2,1H3. The highest BCUT2D eigenvalue weighted by Gasteiger charge is 2.19. The minimum absolute atomic E-state index is 0.451. The lowest BCUT2D eigenvalue weighted by molar-refractivity contribution is 0.282. The molecule has 0 bridgehead atoms. The lowest BCUT2D eigenvalue weighted by Gasteiger charge is -2.25. The Morgan fingerprint density at radius 3 is 2.90 bits per heavy atom. The molecule has 1 aromatic carbocycles. The monoisotopic (exact) mass is 306 g/mol. The third-order valence-electron chi connectivity index (χ3n) is 4.39. The molecule has 3 rings (SSSR count). The van der Waals surface area contributed by atoms with Crippen LogP contribution in [0.15, 0.2) is 18.2 Å². The van der Waals surface area contributed by atoms with Crippen LogP contribution < -0.4 is 4.74 Å². The Morgan fingerprint density at radius 1 is 1.38 bits per heavy atom. The summed E-state index contributed by atoms with van der Waals surface area (Å²) in [4.78, 5) is 4.71. The Balaban J connectivity index is 1.89. The van der Waals surface area contributed by atoms with E-state index >= 15 is 0 Å². The molecule has 0 amide bonds. The van der Waals surface area contributed by atoms with E-state index in [2.05, 4.69) is 17.6 Å². The molecule has 1 fully saturated rings. The van der Waals surface area contributed by atoms with Gasteiger partial charge in [0.1, 0.15) is 17.1 Å². The van der Waals surface area contributed by atoms with Gasteiger partial charge in [-0.15, -0.1) is 11.6 Å². The zero-order chi connectivity index (χ0) is 14.7. The molecule has 1 aliphatic carbocycles. The molecule has 114 valence electrons. The van der Waals surface area contributed by atoms with Gasteiger partial charge in [-0.1, -0.05) is 32.3 Å². The van der Waals surface area contributed by atoms with E-state index < -0.39 is 0 Å². The van der Waals surface area contributed by atoms with E-state index in [0.29, 0.717) is 5.88 Å². The van der Waals surface area contributed by atoms with Crippen LogP contribution in [0.25, 0.3) is 11.0 Å². The van der Waals surface area contributed by atoms with Crippen molar-refractivity contribution in [2.24, 2.45) is 5.92 Å². The number of rotatable bonds is 7. The average Bonchev–Trinajstić information content (AvgIpc) is 2.82. The normalized spacial score (nSPS) is 15.3. The largest absolute Gasteiger partial charge is 0.491 e. The maximum Gasteiger partial charge on any atom is 0.147 e. The minimum atomic E-state index is 0.451. The summed E-state index contributed by atoms with van der Waals surface area (Å²) in [5.41, 5.74) is 2.11. The molecule has 1 heterocycles. The van der Waals surface area contributed by atoms with Crippen molar-refractivity contribution >= 4 is 22.6 Å². The fourth-order valence-electron chi connectivity index (χ4n) is 2.94. The Morgan fingerprint density at radius 2 is 2.24 bits per heavy atom. The number of fused-ring (bicyclic) bond motifs is 1. The first-order valence-electron chi connectivity index (χ1n) is 8.00. The maximum absolute atomic E-state index is 6.10. The molecule has 0 aliphatic heterocycles. The van der Waals surface area contributed by atoms with E-state index in [4.69, 9.17) is 21.3 Å². The summed E-state index contributed by atoms with van der Waals surface area (Å²) in [5, 5.41) is 0. The predicted molar refractivity (Wildman–Crippen MR) is 87.0 cm³/mol. The zero-order valence-corrected chi connectivity index (χ0v) is 13.4. The van der Waals surface area contributed by atoms with E-state index in [9.17, 15) is 0 Å². The first-order valence-corrected chi connectivity index (χ1v) is 8.53. The first kappa shape index (κ1) is 14.7. The molecule has 0 saturated heterocycles. The lowest BCUT2D eigenvalue weighted by Crippen LogP contribution is -2.14. The molecule has 21 heavy (non-hydrogen) atoms. The molecule has 3 nitrogen and oxygen atoms in total. The molecule has 1 saturated carbocycles. The van der Waals surface area contributed by atoms with Gasteiger partial charge in [0.25, 0.3) is 0 Å². The number of alkyl halides is 1. The van der Waals surface area contributed by atoms with Gasteiger partial charge in [-0.05, 0) is 30.9 Å². The summed E-state index contributed by atoms with van der Waals surface area (Å²) >= 11 is 6.10. The fraction of sp³-hybridized carbons (Fsp3) is 0.588. The van der Waals surface area contributed by atoms with Gasteiger partial charge < -0.3 is 9.30 Å². The Kier molecular flexibility index (Phi) is 4.69. The van der Waals surface area contributed by atoms with Gasteiger partial charge in [-0.25, -0.2) is 4.98 Å². The molecule has 0 N–H and O–H groups in total. The molecule has 4 heteroatoms. The van der Waals surface area contributed by atoms with Crippen LogP contribution in [0.2, 0.25) is 0 Å². The summed E-state index contributed by atoms with van der Waals surface area (Å²) < 4.78 is 8.10. The number of imidazole rings is 1. The van der Waals surface area contributed by atoms with Crippen LogP contribution in [-0.4, -0.2) is 16.2 Å².